The predicted molar refractivity (Wildman–Crippen MR) is 122 cm³/mol. The second-order valence-electron chi connectivity index (χ2n) is 7.69. The number of rotatable bonds is 4. The van der Waals surface area contributed by atoms with Crippen molar-refractivity contribution >= 4 is 22.5 Å². The first kappa shape index (κ1) is 19.6. The second-order valence-corrected chi connectivity index (χ2v) is 7.69. The number of aryl methyl sites for hydroxylation is 2. The van der Waals surface area contributed by atoms with Crippen LogP contribution in [0.1, 0.15) is 32.6 Å². The van der Waals surface area contributed by atoms with Gasteiger partial charge in [0.05, 0.1) is 6.54 Å². The number of hydrogen-bond acceptors (Lipinski definition) is 2. The lowest BCUT2D eigenvalue weighted by Crippen LogP contribution is -2.33. The van der Waals surface area contributed by atoms with Gasteiger partial charge in [0, 0.05) is 22.3 Å². The van der Waals surface area contributed by atoms with Crippen LogP contribution in [-0.4, -0.2) is 10.9 Å². The Labute approximate surface area is 175 Å². The Balaban J connectivity index is 1.83. The molecule has 0 aliphatic heterocycles. The molecule has 0 saturated carbocycles. The van der Waals surface area contributed by atoms with Crippen LogP contribution in [-0.2, 0) is 6.54 Å². The van der Waals surface area contributed by atoms with Crippen LogP contribution in [0.5, 0.6) is 0 Å². The summed E-state index contributed by atoms with van der Waals surface area (Å²) in [7, 11) is 0. The highest BCUT2D eigenvalue weighted by molar-refractivity contribution is 6.06. The topological polar surface area (TPSA) is 53.2 Å². The smallest absolute Gasteiger partial charge is 0.258 e. The van der Waals surface area contributed by atoms with Gasteiger partial charge in [0.1, 0.15) is 0 Å². The number of aromatic nitrogens is 1. The monoisotopic (exact) mass is 396 g/mol. The zero-order valence-electron chi connectivity index (χ0n) is 17.4. The molecule has 4 aromatic rings. The highest BCUT2D eigenvalue weighted by Crippen LogP contribution is 2.26. The summed E-state index contributed by atoms with van der Waals surface area (Å²) in [6.07, 6.45) is 0. The van der Waals surface area contributed by atoms with Crippen LogP contribution in [0.2, 0.25) is 0 Å². The van der Waals surface area contributed by atoms with Gasteiger partial charge in [0.15, 0.2) is 0 Å². The number of benzene rings is 3. The van der Waals surface area contributed by atoms with Gasteiger partial charge in [-0.2, -0.15) is 0 Å². The summed E-state index contributed by atoms with van der Waals surface area (Å²) in [6, 6.07) is 22.9. The molecule has 4 heteroatoms. The molecule has 4 nitrogen and oxygen atoms in total. The molecule has 0 fully saturated rings. The van der Waals surface area contributed by atoms with Crippen molar-refractivity contribution in [2.24, 2.45) is 0 Å². The zero-order valence-corrected chi connectivity index (χ0v) is 17.4. The third-order valence-electron chi connectivity index (χ3n) is 5.54. The van der Waals surface area contributed by atoms with Gasteiger partial charge < -0.3 is 9.88 Å². The molecule has 0 atom stereocenters. The molecule has 1 heterocycles. The number of fused-ring (bicyclic) bond motifs is 1. The number of nitrogens with zero attached hydrogens (tertiary/aromatic N) is 1. The van der Waals surface area contributed by atoms with Gasteiger partial charge >= 0.3 is 0 Å². The molecule has 3 aromatic carbocycles. The molecule has 0 aliphatic carbocycles. The van der Waals surface area contributed by atoms with Crippen LogP contribution in [0.4, 0.5) is 5.69 Å². The van der Waals surface area contributed by atoms with Crippen LogP contribution in [0.3, 0.4) is 0 Å². The number of anilines is 1. The Bertz CT molecular complexity index is 1290. The van der Waals surface area contributed by atoms with Crippen LogP contribution in [0.25, 0.3) is 10.9 Å². The highest BCUT2D eigenvalue weighted by Gasteiger charge is 2.21. The highest BCUT2D eigenvalue weighted by atomic mass is 16.2. The van der Waals surface area contributed by atoms with Crippen molar-refractivity contribution in [3.05, 3.63) is 111 Å². The van der Waals surface area contributed by atoms with Crippen molar-refractivity contribution < 1.29 is 4.79 Å². The minimum Gasteiger partial charge on any atom is -0.322 e. The average Bonchev–Trinajstić information content (AvgIpc) is 2.75. The lowest BCUT2D eigenvalue weighted by molar-refractivity contribution is 0.0985. The van der Waals surface area contributed by atoms with Crippen molar-refractivity contribution in [3.63, 3.8) is 0 Å². The lowest BCUT2D eigenvalue weighted by atomic mass is 10.0. The molecule has 4 rings (SSSR count). The molecule has 0 bridgehead atoms. The fraction of sp³-hybridized carbons (Fsp3) is 0.154. The van der Waals surface area contributed by atoms with E-state index in [1.165, 1.54) is 0 Å². The maximum Gasteiger partial charge on any atom is 0.258 e. The van der Waals surface area contributed by atoms with Crippen LogP contribution < -0.4 is 10.5 Å². The SMILES string of the molecule is Cc1ccc2[nH]c(=O)c(CN(C(=O)c3ccccc3)c3cccc(C)c3C)cc2c1. The van der Waals surface area contributed by atoms with E-state index < -0.39 is 0 Å². The van der Waals surface area contributed by atoms with Crippen molar-refractivity contribution in [1.29, 1.82) is 0 Å². The fourth-order valence-electron chi connectivity index (χ4n) is 3.69. The van der Waals surface area contributed by atoms with Gasteiger partial charge in [-0.3, -0.25) is 9.59 Å². The van der Waals surface area contributed by atoms with Crippen molar-refractivity contribution in [1.82, 2.24) is 4.98 Å². The summed E-state index contributed by atoms with van der Waals surface area (Å²) in [4.78, 5) is 30.9. The number of pyridine rings is 1. The van der Waals surface area contributed by atoms with Gasteiger partial charge in [0.2, 0.25) is 0 Å². The van der Waals surface area contributed by atoms with E-state index in [9.17, 15) is 9.59 Å². The van der Waals surface area contributed by atoms with Gasteiger partial charge in [0.25, 0.3) is 11.5 Å². The maximum atomic E-state index is 13.5. The van der Waals surface area contributed by atoms with Crippen molar-refractivity contribution in [2.75, 3.05) is 4.90 Å². The number of carbonyl (C=O) groups is 1. The number of H-pyrrole nitrogens is 1. The summed E-state index contributed by atoms with van der Waals surface area (Å²) < 4.78 is 0. The Morgan fingerprint density at radius 1 is 0.900 bits per heavy atom. The summed E-state index contributed by atoms with van der Waals surface area (Å²) >= 11 is 0. The Kier molecular flexibility index (Phi) is 5.23. The van der Waals surface area contributed by atoms with Gasteiger partial charge in [-0.1, -0.05) is 42.0 Å². The first-order valence-electron chi connectivity index (χ1n) is 10.00. The van der Waals surface area contributed by atoms with Crippen LogP contribution >= 0.6 is 0 Å². The number of amides is 1. The molecular weight excluding hydrogens is 372 g/mol. The molecule has 1 N–H and O–H groups in total. The fourth-order valence-corrected chi connectivity index (χ4v) is 3.69. The normalized spacial score (nSPS) is 10.9. The summed E-state index contributed by atoms with van der Waals surface area (Å²) in [5, 5.41) is 0.956. The first-order chi connectivity index (χ1) is 14.4. The zero-order chi connectivity index (χ0) is 21.3. The third-order valence-corrected chi connectivity index (χ3v) is 5.54. The van der Waals surface area contributed by atoms with Gasteiger partial charge in [-0.25, -0.2) is 0 Å². The molecule has 150 valence electrons. The average molecular weight is 396 g/mol. The van der Waals surface area contributed by atoms with Crippen LogP contribution in [0, 0.1) is 20.8 Å². The molecule has 0 aliphatic rings. The number of hydrogen-bond donors (Lipinski definition) is 1. The Morgan fingerprint density at radius 2 is 1.67 bits per heavy atom. The molecule has 0 saturated heterocycles. The molecular formula is C26H24N2O2. The van der Waals surface area contributed by atoms with E-state index in [4.69, 9.17) is 0 Å². The minimum atomic E-state index is -0.178. The molecule has 1 aromatic heterocycles. The standard InChI is InChI=1S/C26H24N2O2/c1-17-12-13-23-21(14-17)15-22(25(29)27-23)16-28(24-11-7-8-18(2)19(24)3)26(30)20-9-5-4-6-10-20/h4-15H,16H2,1-3H3,(H,27,29). The quantitative estimate of drug-likeness (QED) is 0.509. The number of nitrogens with one attached hydrogen (secondary N) is 1. The maximum absolute atomic E-state index is 13.5. The van der Waals surface area contributed by atoms with Gasteiger partial charge in [-0.05, 0) is 73.7 Å². The van der Waals surface area contributed by atoms with E-state index in [0.29, 0.717) is 11.1 Å². The molecule has 0 unspecified atom stereocenters. The largest absolute Gasteiger partial charge is 0.322 e. The van der Waals surface area contributed by atoms with Gasteiger partial charge in [-0.15, -0.1) is 0 Å². The van der Waals surface area contributed by atoms with E-state index in [2.05, 4.69) is 4.98 Å². The molecule has 0 radical (unpaired) electrons. The number of carbonyl (C=O) groups excluding carboxylic acids is 1. The molecule has 0 spiro atoms. The van der Waals surface area contributed by atoms with E-state index in [1.54, 1.807) is 17.0 Å². The summed E-state index contributed by atoms with van der Waals surface area (Å²) in [5.74, 6) is -0.131. The minimum absolute atomic E-state index is 0.131. The van der Waals surface area contributed by atoms with E-state index in [0.717, 1.165) is 33.3 Å². The van der Waals surface area contributed by atoms with Crippen LogP contribution in [0.15, 0.2) is 77.6 Å². The van der Waals surface area contributed by atoms with E-state index in [1.807, 2.05) is 81.4 Å². The summed E-state index contributed by atoms with van der Waals surface area (Å²) in [5.41, 5.74) is 5.81. The molecule has 30 heavy (non-hydrogen) atoms. The summed E-state index contributed by atoms with van der Waals surface area (Å²) in [6.45, 7) is 6.24. The third kappa shape index (κ3) is 3.77. The Hall–Kier alpha value is -3.66. The van der Waals surface area contributed by atoms with Crippen molar-refractivity contribution in [2.45, 2.75) is 27.3 Å². The van der Waals surface area contributed by atoms with E-state index in [-0.39, 0.29) is 18.0 Å². The lowest BCUT2D eigenvalue weighted by Gasteiger charge is -2.25. The van der Waals surface area contributed by atoms with E-state index >= 15 is 0 Å². The van der Waals surface area contributed by atoms with Crippen molar-refractivity contribution in [3.8, 4) is 0 Å². The number of aromatic amines is 1. The predicted octanol–water partition coefficient (Wildman–Crippen LogP) is 5.30. The first-order valence-corrected chi connectivity index (χ1v) is 10.00. The Morgan fingerprint density at radius 3 is 2.43 bits per heavy atom. The molecule has 1 amide bonds. The second kappa shape index (κ2) is 7.99.